The summed E-state index contributed by atoms with van der Waals surface area (Å²) in [6, 6.07) is -0.699. The van der Waals surface area contributed by atoms with Gasteiger partial charge in [-0.3, -0.25) is 9.59 Å². The summed E-state index contributed by atoms with van der Waals surface area (Å²) in [5, 5.41) is 23.7. The molecular weight excluding hydrogens is 731 g/mol. The van der Waals surface area contributed by atoms with Gasteiger partial charge in [-0.05, 0) is 44.9 Å². The van der Waals surface area contributed by atoms with Gasteiger partial charge in [0.15, 0.2) is 0 Å². The number of unbranched alkanes of at least 4 members (excludes halogenated alkanes) is 34. The summed E-state index contributed by atoms with van der Waals surface area (Å²) in [4.78, 5) is 26.0. The van der Waals surface area contributed by atoms with Gasteiger partial charge in [-0.1, -0.05) is 245 Å². The number of carbonyl (C=O) groups excluding carboxylic acids is 2. The second kappa shape index (κ2) is 47.6. The Hall–Kier alpha value is -1.40. The normalized spacial score (nSPS) is 13.2. The number of aliphatic hydroxyl groups is 2. The molecule has 0 aliphatic rings. The van der Waals surface area contributed by atoms with Gasteiger partial charge in [0.25, 0.3) is 0 Å². The summed E-state index contributed by atoms with van der Waals surface area (Å²) in [6.45, 7) is 6.44. The highest BCUT2D eigenvalue weighted by Crippen LogP contribution is 2.18. The molecule has 6 nitrogen and oxygen atoms in total. The van der Waals surface area contributed by atoms with E-state index in [2.05, 4.69) is 38.2 Å². The summed E-state index contributed by atoms with van der Waals surface area (Å²) in [5.41, 5.74) is 0. The van der Waals surface area contributed by atoms with Crippen molar-refractivity contribution in [1.29, 1.82) is 0 Å². The van der Waals surface area contributed by atoms with Gasteiger partial charge in [0.05, 0.1) is 25.2 Å². The zero-order chi connectivity index (χ0) is 43.1. The van der Waals surface area contributed by atoms with Crippen molar-refractivity contribution in [3.63, 3.8) is 0 Å². The van der Waals surface area contributed by atoms with E-state index in [9.17, 15) is 19.8 Å². The number of allylic oxidation sites excluding steroid dienone is 2. The van der Waals surface area contributed by atoms with Crippen molar-refractivity contribution in [3.05, 3.63) is 12.2 Å². The Kier molecular flexibility index (Phi) is 46.5. The van der Waals surface area contributed by atoms with E-state index < -0.39 is 18.2 Å². The molecule has 0 heterocycles. The van der Waals surface area contributed by atoms with Crippen LogP contribution in [0.15, 0.2) is 12.2 Å². The average molecular weight is 834 g/mol. The molecule has 6 heteroatoms. The minimum atomic E-state index is -0.785. The molecule has 0 aromatic heterocycles. The molecule has 0 aromatic carbocycles. The van der Waals surface area contributed by atoms with Gasteiger partial charge in [0, 0.05) is 6.42 Å². The first-order chi connectivity index (χ1) is 29.0. The predicted molar refractivity (Wildman–Crippen MR) is 255 cm³/mol. The van der Waals surface area contributed by atoms with Crippen LogP contribution in [0.4, 0.5) is 0 Å². The van der Waals surface area contributed by atoms with E-state index >= 15 is 0 Å². The minimum absolute atomic E-state index is 0.0728. The second-order valence-corrected chi connectivity index (χ2v) is 18.3. The van der Waals surface area contributed by atoms with E-state index in [4.69, 9.17) is 4.74 Å². The Bertz CT molecular complexity index is 893. The number of rotatable bonds is 48. The SMILES string of the molecule is CCC/C=C\CCCCCC(CC(=O)NC(CO)C(O)CCCCCCCCCCCCCCCC)OC(=O)CCCCCCCCCCCCCCCCCCCC. The molecule has 1 amide bonds. The number of nitrogens with one attached hydrogen (secondary N) is 1. The average Bonchev–Trinajstić information content (AvgIpc) is 3.23. The first-order valence-corrected chi connectivity index (χ1v) is 26.4. The summed E-state index contributed by atoms with van der Waals surface area (Å²) < 4.78 is 5.91. The molecule has 0 fully saturated rings. The van der Waals surface area contributed by atoms with Crippen molar-refractivity contribution in [2.24, 2.45) is 0 Å². The predicted octanol–water partition coefficient (Wildman–Crippen LogP) is 15.7. The highest BCUT2D eigenvalue weighted by Gasteiger charge is 2.24. The number of hydrogen-bond acceptors (Lipinski definition) is 5. The van der Waals surface area contributed by atoms with Crippen LogP contribution < -0.4 is 5.32 Å². The van der Waals surface area contributed by atoms with Crippen molar-refractivity contribution in [2.75, 3.05) is 6.61 Å². The smallest absolute Gasteiger partial charge is 0.306 e. The van der Waals surface area contributed by atoms with Crippen molar-refractivity contribution < 1.29 is 24.5 Å². The van der Waals surface area contributed by atoms with Crippen LogP contribution in [0.3, 0.4) is 0 Å². The molecule has 3 N–H and O–H groups in total. The van der Waals surface area contributed by atoms with Crippen LogP contribution in [-0.4, -0.2) is 46.9 Å². The standard InChI is InChI=1S/C53H103NO5/c1-4-7-10-13-16-19-21-23-25-26-27-28-30-32-34-37-40-43-46-53(58)59-49(44-41-38-35-18-15-12-9-6-3)47-52(57)54-50(48-55)51(56)45-42-39-36-33-31-29-24-22-20-17-14-11-8-5-2/h12,15,49-51,55-56H,4-11,13-14,16-48H2,1-3H3,(H,54,57)/b15-12-. The molecule has 3 atom stereocenters. The van der Waals surface area contributed by atoms with Crippen LogP contribution in [0, 0.1) is 0 Å². The summed E-state index contributed by atoms with van der Waals surface area (Å²) in [6.07, 6.45) is 52.9. The topological polar surface area (TPSA) is 95.9 Å². The third kappa shape index (κ3) is 43.1. The van der Waals surface area contributed by atoms with Gasteiger partial charge < -0.3 is 20.3 Å². The molecule has 0 aliphatic heterocycles. The Morgan fingerprint density at radius 3 is 1.27 bits per heavy atom. The first kappa shape index (κ1) is 57.6. The monoisotopic (exact) mass is 834 g/mol. The lowest BCUT2D eigenvalue weighted by Gasteiger charge is -2.24. The lowest BCUT2D eigenvalue weighted by molar-refractivity contribution is -0.151. The van der Waals surface area contributed by atoms with Crippen molar-refractivity contribution in [2.45, 2.75) is 309 Å². The maximum Gasteiger partial charge on any atom is 0.306 e. The number of carbonyl (C=O) groups is 2. The summed E-state index contributed by atoms with van der Waals surface area (Å²) >= 11 is 0. The van der Waals surface area contributed by atoms with Crippen LogP contribution in [0.2, 0.25) is 0 Å². The zero-order valence-corrected chi connectivity index (χ0v) is 39.9. The third-order valence-corrected chi connectivity index (χ3v) is 12.3. The fourth-order valence-electron chi connectivity index (χ4n) is 8.32. The first-order valence-electron chi connectivity index (χ1n) is 26.4. The van der Waals surface area contributed by atoms with Gasteiger partial charge >= 0.3 is 5.97 Å². The summed E-state index contributed by atoms with van der Waals surface area (Å²) in [5.74, 6) is -0.476. The number of hydrogen-bond donors (Lipinski definition) is 3. The summed E-state index contributed by atoms with van der Waals surface area (Å²) in [7, 11) is 0. The van der Waals surface area contributed by atoms with E-state index in [1.54, 1.807) is 0 Å². The molecule has 0 aromatic rings. The molecule has 0 aliphatic carbocycles. The Balaban J connectivity index is 4.34. The highest BCUT2D eigenvalue weighted by molar-refractivity contribution is 5.77. The molecule has 350 valence electrons. The molecule has 0 saturated carbocycles. The van der Waals surface area contributed by atoms with Crippen LogP contribution in [0.5, 0.6) is 0 Å². The van der Waals surface area contributed by atoms with Crippen LogP contribution in [-0.2, 0) is 14.3 Å². The van der Waals surface area contributed by atoms with Crippen LogP contribution in [0.1, 0.15) is 290 Å². The Morgan fingerprint density at radius 1 is 0.475 bits per heavy atom. The van der Waals surface area contributed by atoms with Crippen LogP contribution >= 0.6 is 0 Å². The molecule has 59 heavy (non-hydrogen) atoms. The van der Waals surface area contributed by atoms with Crippen LogP contribution in [0.25, 0.3) is 0 Å². The fraction of sp³-hybridized carbons (Fsp3) is 0.925. The van der Waals surface area contributed by atoms with Gasteiger partial charge in [-0.15, -0.1) is 0 Å². The van der Waals surface area contributed by atoms with E-state index in [1.807, 2.05) is 0 Å². The van der Waals surface area contributed by atoms with Crippen molar-refractivity contribution >= 4 is 11.9 Å². The molecule has 0 radical (unpaired) electrons. The zero-order valence-electron chi connectivity index (χ0n) is 39.9. The van der Waals surface area contributed by atoms with Crippen molar-refractivity contribution in [1.82, 2.24) is 5.32 Å². The van der Waals surface area contributed by atoms with Gasteiger partial charge in [0.2, 0.25) is 5.91 Å². The van der Waals surface area contributed by atoms with E-state index in [0.717, 1.165) is 64.2 Å². The molecule has 3 unspecified atom stereocenters. The number of aliphatic hydroxyl groups excluding tert-OH is 2. The highest BCUT2D eigenvalue weighted by atomic mass is 16.5. The Morgan fingerprint density at radius 2 is 0.847 bits per heavy atom. The van der Waals surface area contributed by atoms with E-state index in [-0.39, 0.29) is 24.9 Å². The lowest BCUT2D eigenvalue weighted by atomic mass is 10.0. The quantitative estimate of drug-likeness (QED) is 0.0322. The van der Waals surface area contributed by atoms with Crippen molar-refractivity contribution in [3.8, 4) is 0 Å². The molecule has 0 saturated heterocycles. The number of esters is 1. The fourth-order valence-corrected chi connectivity index (χ4v) is 8.32. The maximum absolute atomic E-state index is 13.1. The molecule has 0 bridgehead atoms. The molecule has 0 rings (SSSR count). The minimum Gasteiger partial charge on any atom is -0.462 e. The Labute approximate surface area is 368 Å². The van der Waals surface area contributed by atoms with E-state index in [1.165, 1.54) is 180 Å². The molecular formula is C53H103NO5. The number of amides is 1. The largest absolute Gasteiger partial charge is 0.462 e. The van der Waals surface area contributed by atoms with Gasteiger partial charge in [0.1, 0.15) is 6.10 Å². The van der Waals surface area contributed by atoms with E-state index in [0.29, 0.717) is 19.3 Å². The lowest BCUT2D eigenvalue weighted by Crippen LogP contribution is -2.46. The molecule has 0 spiro atoms. The second-order valence-electron chi connectivity index (χ2n) is 18.3. The van der Waals surface area contributed by atoms with Gasteiger partial charge in [-0.2, -0.15) is 0 Å². The third-order valence-electron chi connectivity index (χ3n) is 12.3. The van der Waals surface area contributed by atoms with Gasteiger partial charge in [-0.25, -0.2) is 0 Å². The number of ether oxygens (including phenoxy) is 1. The maximum atomic E-state index is 13.1.